The van der Waals surface area contributed by atoms with Gasteiger partial charge in [0.25, 0.3) is 0 Å². The number of carbonyl (C=O) groups is 1. The van der Waals surface area contributed by atoms with Crippen LogP contribution in [-0.4, -0.2) is 38.9 Å². The molecule has 22 heavy (non-hydrogen) atoms. The highest BCUT2D eigenvalue weighted by atomic mass is 32.2. The second-order valence-electron chi connectivity index (χ2n) is 5.62. The molecule has 0 radical (unpaired) electrons. The minimum Gasteiger partial charge on any atom is -0.376 e. The number of methoxy groups -OCH3 is 1. The van der Waals surface area contributed by atoms with Gasteiger partial charge in [-0.3, -0.25) is 4.79 Å². The first-order valence-electron chi connectivity index (χ1n) is 7.17. The largest absolute Gasteiger partial charge is 0.376 e. The van der Waals surface area contributed by atoms with E-state index in [1.54, 1.807) is 39.0 Å². The van der Waals surface area contributed by atoms with Crippen molar-refractivity contribution in [2.24, 2.45) is 5.92 Å². The monoisotopic (exact) mass is 324 g/mol. The summed E-state index contributed by atoms with van der Waals surface area (Å²) in [6.45, 7) is 5.21. The number of sulfone groups is 1. The lowest BCUT2D eigenvalue weighted by Gasteiger charge is -2.23. The van der Waals surface area contributed by atoms with E-state index < -0.39 is 27.1 Å². The number of hydrogen-bond acceptors (Lipinski definition) is 4. The van der Waals surface area contributed by atoms with Crippen molar-refractivity contribution in [1.29, 1.82) is 0 Å². The number of Topliss-reactive ketones (excluding diaryl/α,β-unsaturated/α-hetero) is 1. The molecule has 0 saturated heterocycles. The van der Waals surface area contributed by atoms with Crippen molar-refractivity contribution < 1.29 is 17.9 Å². The number of hydrogen-bond donors (Lipinski definition) is 0. The van der Waals surface area contributed by atoms with Gasteiger partial charge < -0.3 is 4.74 Å². The minimum absolute atomic E-state index is 0.0211. The topological polar surface area (TPSA) is 60.4 Å². The van der Waals surface area contributed by atoms with E-state index in [0.717, 1.165) is 5.57 Å². The van der Waals surface area contributed by atoms with E-state index in [0.29, 0.717) is 5.56 Å². The Kier molecular flexibility index (Phi) is 6.50. The Morgan fingerprint density at radius 2 is 1.73 bits per heavy atom. The first-order chi connectivity index (χ1) is 10.2. The maximum absolute atomic E-state index is 12.5. The Labute approximate surface area is 133 Å². The molecule has 0 heterocycles. The van der Waals surface area contributed by atoms with Crippen molar-refractivity contribution in [3.63, 3.8) is 0 Å². The van der Waals surface area contributed by atoms with Crippen LogP contribution in [0.4, 0.5) is 0 Å². The average molecular weight is 324 g/mol. The summed E-state index contributed by atoms with van der Waals surface area (Å²) in [4.78, 5) is 12.5. The average Bonchev–Trinajstić information content (AvgIpc) is 2.46. The second-order valence-corrected chi connectivity index (χ2v) is 8.02. The summed E-state index contributed by atoms with van der Waals surface area (Å²) in [6, 6.07) is 9.02. The van der Waals surface area contributed by atoms with E-state index in [1.807, 2.05) is 18.2 Å². The molecule has 0 aliphatic heterocycles. The molecule has 0 unspecified atom stereocenters. The lowest BCUT2D eigenvalue weighted by atomic mass is 9.90. The Morgan fingerprint density at radius 3 is 2.18 bits per heavy atom. The lowest BCUT2D eigenvalue weighted by Crippen LogP contribution is -2.29. The quantitative estimate of drug-likeness (QED) is 0.571. The first kappa shape index (κ1) is 18.6. The molecule has 1 aromatic carbocycles. The van der Waals surface area contributed by atoms with Gasteiger partial charge in [0, 0.05) is 24.8 Å². The summed E-state index contributed by atoms with van der Waals surface area (Å²) in [5.41, 5.74) is 1.37. The third-order valence-electron chi connectivity index (χ3n) is 3.80. The highest BCUT2D eigenvalue weighted by Gasteiger charge is 2.27. The van der Waals surface area contributed by atoms with Crippen LogP contribution in [0, 0.1) is 5.92 Å². The Morgan fingerprint density at radius 1 is 1.18 bits per heavy atom. The fourth-order valence-corrected chi connectivity index (χ4v) is 2.84. The number of ether oxygens (including phenoxy) is 1. The summed E-state index contributed by atoms with van der Waals surface area (Å²) in [5.74, 6) is -0.414. The van der Waals surface area contributed by atoms with Gasteiger partial charge in [0.15, 0.2) is 15.6 Å². The molecule has 1 rings (SSSR count). The zero-order valence-electron chi connectivity index (χ0n) is 13.7. The maximum atomic E-state index is 12.5. The van der Waals surface area contributed by atoms with Gasteiger partial charge in [-0.1, -0.05) is 43.3 Å². The van der Waals surface area contributed by atoms with E-state index in [4.69, 9.17) is 4.74 Å². The molecule has 0 saturated carbocycles. The van der Waals surface area contributed by atoms with Crippen LogP contribution in [-0.2, 0) is 14.6 Å². The van der Waals surface area contributed by atoms with Crippen LogP contribution < -0.4 is 0 Å². The van der Waals surface area contributed by atoms with Crippen molar-refractivity contribution >= 4 is 15.6 Å². The zero-order chi connectivity index (χ0) is 16.9. The summed E-state index contributed by atoms with van der Waals surface area (Å²) in [7, 11) is -1.62. The Balaban J connectivity index is 3.00. The second kappa shape index (κ2) is 7.70. The van der Waals surface area contributed by atoms with Gasteiger partial charge in [-0.25, -0.2) is 8.42 Å². The van der Waals surface area contributed by atoms with Crippen LogP contribution in [0.3, 0.4) is 0 Å². The van der Waals surface area contributed by atoms with E-state index >= 15 is 0 Å². The number of rotatable bonds is 7. The van der Waals surface area contributed by atoms with Crippen LogP contribution in [0.15, 0.2) is 42.0 Å². The molecule has 4 nitrogen and oxygen atoms in total. The smallest absolute Gasteiger partial charge is 0.168 e. The standard InChI is InChI=1S/C17H24O4S/c1-12(11-13(2)22(5,19)20)17(21-4)14(3)16(18)15-9-7-6-8-10-15/h6-11,13-14,17H,1-5H3/b12-11-/t13-,14+,17-/m1/s1. The van der Waals surface area contributed by atoms with Crippen LogP contribution in [0.5, 0.6) is 0 Å². The molecule has 5 heteroatoms. The third-order valence-corrected chi connectivity index (χ3v) is 5.29. The van der Waals surface area contributed by atoms with Crippen LogP contribution in [0.2, 0.25) is 0 Å². The predicted molar refractivity (Wildman–Crippen MR) is 88.8 cm³/mol. The fourth-order valence-electron chi connectivity index (χ4n) is 2.38. The van der Waals surface area contributed by atoms with Crippen molar-refractivity contribution in [3.05, 3.63) is 47.5 Å². The Hall–Kier alpha value is -1.46. The predicted octanol–water partition coefficient (Wildman–Crippen LogP) is 2.90. The van der Waals surface area contributed by atoms with Crippen LogP contribution >= 0.6 is 0 Å². The molecular formula is C17H24O4S. The highest BCUT2D eigenvalue weighted by Crippen LogP contribution is 2.21. The molecule has 0 fully saturated rings. The van der Waals surface area contributed by atoms with Gasteiger partial charge in [0.1, 0.15) is 0 Å². The maximum Gasteiger partial charge on any atom is 0.168 e. The van der Waals surface area contributed by atoms with Gasteiger partial charge in [-0.05, 0) is 19.4 Å². The molecule has 0 bridgehead atoms. The molecule has 0 aliphatic rings. The van der Waals surface area contributed by atoms with Gasteiger partial charge in [0.2, 0.25) is 0 Å². The number of ketones is 1. The summed E-state index contributed by atoms with van der Waals surface area (Å²) in [6.07, 6.45) is 2.40. The Bertz CT molecular complexity index is 632. The van der Waals surface area contributed by atoms with Crippen molar-refractivity contribution in [2.75, 3.05) is 13.4 Å². The molecule has 1 aromatic rings. The molecular weight excluding hydrogens is 300 g/mol. The first-order valence-corrected chi connectivity index (χ1v) is 9.13. The highest BCUT2D eigenvalue weighted by molar-refractivity contribution is 7.91. The van der Waals surface area contributed by atoms with Gasteiger partial charge in [-0.2, -0.15) is 0 Å². The molecule has 3 atom stereocenters. The van der Waals surface area contributed by atoms with Gasteiger partial charge in [0.05, 0.1) is 11.4 Å². The summed E-state index contributed by atoms with van der Waals surface area (Å²) in [5, 5.41) is -0.607. The van der Waals surface area contributed by atoms with E-state index in [-0.39, 0.29) is 5.78 Å². The number of benzene rings is 1. The molecule has 0 N–H and O–H groups in total. The molecule has 0 spiro atoms. The molecule has 0 aromatic heterocycles. The van der Waals surface area contributed by atoms with Gasteiger partial charge in [-0.15, -0.1) is 0 Å². The van der Waals surface area contributed by atoms with Crippen molar-refractivity contribution in [2.45, 2.75) is 32.1 Å². The minimum atomic E-state index is -3.15. The molecule has 0 aliphatic carbocycles. The molecule has 122 valence electrons. The van der Waals surface area contributed by atoms with Crippen LogP contribution in [0.25, 0.3) is 0 Å². The number of carbonyl (C=O) groups excluding carboxylic acids is 1. The SMILES string of the molecule is CO[C@H](/C(C)=C\[C@@H](C)S(C)(=O)=O)[C@@H](C)C(=O)c1ccccc1. The van der Waals surface area contributed by atoms with Gasteiger partial charge >= 0.3 is 0 Å². The van der Waals surface area contributed by atoms with E-state index in [1.165, 1.54) is 13.4 Å². The fraction of sp³-hybridized carbons (Fsp3) is 0.471. The normalized spacial score (nSPS) is 16.9. The zero-order valence-corrected chi connectivity index (χ0v) is 14.6. The van der Waals surface area contributed by atoms with Crippen molar-refractivity contribution in [3.8, 4) is 0 Å². The summed E-state index contributed by atoms with van der Waals surface area (Å²) >= 11 is 0. The van der Waals surface area contributed by atoms with Crippen LogP contribution in [0.1, 0.15) is 31.1 Å². The lowest BCUT2D eigenvalue weighted by molar-refractivity contribution is 0.0634. The third kappa shape index (κ3) is 4.78. The van der Waals surface area contributed by atoms with Crippen molar-refractivity contribution in [1.82, 2.24) is 0 Å². The molecule has 0 amide bonds. The van der Waals surface area contributed by atoms with E-state index in [9.17, 15) is 13.2 Å². The van der Waals surface area contributed by atoms with E-state index in [2.05, 4.69) is 0 Å². The summed E-state index contributed by atoms with van der Waals surface area (Å²) < 4.78 is 28.5.